The Kier molecular flexibility index (Phi) is 2.75. The lowest BCUT2D eigenvalue weighted by atomic mass is 10.1. The van der Waals surface area contributed by atoms with Gasteiger partial charge >= 0.3 is 0 Å². The lowest BCUT2D eigenvalue weighted by Gasteiger charge is -2.01. The summed E-state index contributed by atoms with van der Waals surface area (Å²) < 4.78 is 0. The predicted molar refractivity (Wildman–Crippen MR) is 57.0 cm³/mol. The second-order valence-electron chi connectivity index (χ2n) is 2.92. The number of rotatable bonds is 2. The van der Waals surface area contributed by atoms with Gasteiger partial charge in [0.25, 0.3) is 0 Å². The summed E-state index contributed by atoms with van der Waals surface area (Å²) in [4.78, 5) is 8.23. The van der Waals surface area contributed by atoms with Gasteiger partial charge in [-0.3, -0.25) is 9.97 Å². The largest absolute Gasteiger partial charge is 0.265 e. The molecule has 0 aromatic carbocycles. The number of aromatic nitrogens is 2. The first-order valence-electron chi connectivity index (χ1n) is 4.31. The van der Waals surface area contributed by atoms with Gasteiger partial charge in [0, 0.05) is 30.0 Å². The predicted octanol–water partition coefficient (Wildman–Crippen LogP) is 2.88. The molecule has 0 saturated carbocycles. The Morgan fingerprint density at radius 2 is 1.86 bits per heavy atom. The van der Waals surface area contributed by atoms with Crippen molar-refractivity contribution < 1.29 is 0 Å². The molecule has 0 bridgehead atoms. The first-order valence-corrected chi connectivity index (χ1v) is 4.85. The Morgan fingerprint density at radius 3 is 2.57 bits per heavy atom. The van der Waals surface area contributed by atoms with Crippen LogP contribution in [0.25, 0.3) is 11.3 Å². The van der Waals surface area contributed by atoms with E-state index in [-0.39, 0.29) is 0 Å². The van der Waals surface area contributed by atoms with Gasteiger partial charge in [0.05, 0.1) is 5.69 Å². The molecule has 0 aliphatic rings. The maximum absolute atomic E-state index is 5.75. The highest BCUT2D eigenvalue weighted by Crippen LogP contribution is 2.17. The van der Waals surface area contributed by atoms with Gasteiger partial charge in [-0.15, -0.1) is 11.6 Å². The average Bonchev–Trinajstić information content (AvgIpc) is 2.30. The molecule has 2 rings (SSSR count). The summed E-state index contributed by atoms with van der Waals surface area (Å²) in [5, 5.41) is 0. The van der Waals surface area contributed by atoms with Crippen LogP contribution in [0.2, 0.25) is 0 Å². The second-order valence-corrected chi connectivity index (χ2v) is 3.19. The maximum atomic E-state index is 5.75. The van der Waals surface area contributed by atoms with Crippen LogP contribution in [0.4, 0.5) is 0 Å². The van der Waals surface area contributed by atoms with E-state index in [1.54, 1.807) is 18.6 Å². The SMILES string of the molecule is ClCc1ccnc(-c2ccncc2)c1. The molecule has 2 aromatic rings. The standard InChI is InChI=1S/C11H9ClN2/c12-8-9-1-6-14-11(7-9)10-2-4-13-5-3-10/h1-7H,8H2. The Morgan fingerprint density at radius 1 is 1.07 bits per heavy atom. The van der Waals surface area contributed by atoms with Crippen LogP contribution < -0.4 is 0 Å². The molecule has 0 aliphatic heterocycles. The van der Waals surface area contributed by atoms with E-state index in [1.807, 2.05) is 24.3 Å². The summed E-state index contributed by atoms with van der Waals surface area (Å²) >= 11 is 5.75. The minimum absolute atomic E-state index is 0.514. The van der Waals surface area contributed by atoms with Gasteiger partial charge in [-0.05, 0) is 29.8 Å². The third kappa shape index (κ3) is 1.91. The normalized spacial score (nSPS) is 10.1. The van der Waals surface area contributed by atoms with Crippen molar-refractivity contribution in [1.29, 1.82) is 0 Å². The first-order chi connectivity index (χ1) is 6.90. The Labute approximate surface area is 87.6 Å². The van der Waals surface area contributed by atoms with Crippen molar-refractivity contribution in [2.75, 3.05) is 0 Å². The highest BCUT2D eigenvalue weighted by atomic mass is 35.5. The number of alkyl halides is 1. The third-order valence-corrected chi connectivity index (χ3v) is 2.26. The van der Waals surface area contributed by atoms with Gasteiger partial charge in [0.1, 0.15) is 0 Å². The van der Waals surface area contributed by atoms with Crippen LogP contribution >= 0.6 is 11.6 Å². The van der Waals surface area contributed by atoms with Gasteiger partial charge in [0.2, 0.25) is 0 Å². The molecule has 0 spiro atoms. The summed E-state index contributed by atoms with van der Waals surface area (Å²) in [6.07, 6.45) is 5.28. The quantitative estimate of drug-likeness (QED) is 0.703. The maximum Gasteiger partial charge on any atom is 0.0706 e. The van der Waals surface area contributed by atoms with Crippen LogP contribution in [0.5, 0.6) is 0 Å². The molecule has 3 heteroatoms. The van der Waals surface area contributed by atoms with Crippen molar-refractivity contribution in [2.45, 2.75) is 5.88 Å². The van der Waals surface area contributed by atoms with Crippen LogP contribution in [0.1, 0.15) is 5.56 Å². The van der Waals surface area contributed by atoms with Crippen molar-refractivity contribution in [3.05, 3.63) is 48.4 Å². The number of nitrogens with zero attached hydrogens (tertiary/aromatic N) is 2. The van der Waals surface area contributed by atoms with Crippen molar-refractivity contribution in [3.63, 3.8) is 0 Å². The number of pyridine rings is 2. The minimum atomic E-state index is 0.514. The van der Waals surface area contributed by atoms with E-state index in [9.17, 15) is 0 Å². The fraction of sp³-hybridized carbons (Fsp3) is 0.0909. The highest BCUT2D eigenvalue weighted by molar-refractivity contribution is 6.17. The summed E-state index contributed by atoms with van der Waals surface area (Å²) in [6.45, 7) is 0. The zero-order valence-corrected chi connectivity index (χ0v) is 8.28. The average molecular weight is 205 g/mol. The van der Waals surface area contributed by atoms with Gasteiger partial charge in [-0.1, -0.05) is 0 Å². The van der Waals surface area contributed by atoms with E-state index in [0.717, 1.165) is 16.8 Å². The van der Waals surface area contributed by atoms with Gasteiger partial charge in [-0.2, -0.15) is 0 Å². The van der Waals surface area contributed by atoms with E-state index in [1.165, 1.54) is 0 Å². The first kappa shape index (κ1) is 9.16. The molecule has 2 aromatic heterocycles. The van der Waals surface area contributed by atoms with E-state index in [4.69, 9.17) is 11.6 Å². The van der Waals surface area contributed by atoms with Gasteiger partial charge in [0.15, 0.2) is 0 Å². The van der Waals surface area contributed by atoms with Crippen molar-refractivity contribution in [2.24, 2.45) is 0 Å². The minimum Gasteiger partial charge on any atom is -0.265 e. The van der Waals surface area contributed by atoms with E-state index >= 15 is 0 Å². The Hall–Kier alpha value is -1.41. The molecule has 0 saturated heterocycles. The lowest BCUT2D eigenvalue weighted by molar-refractivity contribution is 1.25. The molecule has 0 radical (unpaired) electrons. The molecular formula is C11H9ClN2. The van der Waals surface area contributed by atoms with Crippen LogP contribution in [0.15, 0.2) is 42.9 Å². The fourth-order valence-corrected chi connectivity index (χ4v) is 1.40. The molecule has 2 nitrogen and oxygen atoms in total. The summed E-state index contributed by atoms with van der Waals surface area (Å²) in [5.74, 6) is 0.514. The number of hydrogen-bond acceptors (Lipinski definition) is 2. The number of hydrogen-bond donors (Lipinski definition) is 0. The van der Waals surface area contributed by atoms with E-state index < -0.39 is 0 Å². The van der Waals surface area contributed by atoms with Gasteiger partial charge in [-0.25, -0.2) is 0 Å². The molecule has 0 amide bonds. The molecule has 70 valence electrons. The summed E-state index contributed by atoms with van der Waals surface area (Å²) in [5.41, 5.74) is 3.07. The smallest absolute Gasteiger partial charge is 0.0706 e. The fourth-order valence-electron chi connectivity index (χ4n) is 1.24. The molecule has 0 aliphatic carbocycles. The molecule has 0 N–H and O–H groups in total. The van der Waals surface area contributed by atoms with Gasteiger partial charge < -0.3 is 0 Å². The summed E-state index contributed by atoms with van der Waals surface area (Å²) in [6, 6.07) is 7.76. The molecular weight excluding hydrogens is 196 g/mol. The molecule has 0 unspecified atom stereocenters. The van der Waals surface area contributed by atoms with Crippen LogP contribution in [0, 0.1) is 0 Å². The molecule has 2 heterocycles. The molecule has 0 atom stereocenters. The third-order valence-electron chi connectivity index (χ3n) is 1.95. The van der Waals surface area contributed by atoms with Crippen LogP contribution in [-0.2, 0) is 5.88 Å². The van der Waals surface area contributed by atoms with Crippen LogP contribution in [-0.4, -0.2) is 9.97 Å². The van der Waals surface area contributed by atoms with E-state index in [0.29, 0.717) is 5.88 Å². The van der Waals surface area contributed by atoms with Crippen LogP contribution in [0.3, 0.4) is 0 Å². The number of halogens is 1. The van der Waals surface area contributed by atoms with E-state index in [2.05, 4.69) is 9.97 Å². The molecule has 0 fully saturated rings. The van der Waals surface area contributed by atoms with Crippen molar-refractivity contribution in [1.82, 2.24) is 9.97 Å². The summed E-state index contributed by atoms with van der Waals surface area (Å²) in [7, 11) is 0. The highest BCUT2D eigenvalue weighted by Gasteiger charge is 1.98. The second kappa shape index (κ2) is 4.20. The topological polar surface area (TPSA) is 25.8 Å². The zero-order chi connectivity index (χ0) is 9.80. The zero-order valence-electron chi connectivity index (χ0n) is 7.52. The Balaban J connectivity index is 2.42. The monoisotopic (exact) mass is 204 g/mol. The molecule has 14 heavy (non-hydrogen) atoms. The lowest BCUT2D eigenvalue weighted by Crippen LogP contribution is -1.85. The van der Waals surface area contributed by atoms with Crippen molar-refractivity contribution >= 4 is 11.6 Å². The Bertz CT molecular complexity index is 415. The van der Waals surface area contributed by atoms with Crippen molar-refractivity contribution in [3.8, 4) is 11.3 Å².